The minimum absolute atomic E-state index is 0.0957. The maximum atomic E-state index is 12.7. The van der Waals surface area contributed by atoms with Crippen LogP contribution in [-0.2, 0) is 4.79 Å². The van der Waals surface area contributed by atoms with Gasteiger partial charge in [-0.15, -0.1) is 0 Å². The van der Waals surface area contributed by atoms with Gasteiger partial charge in [-0.25, -0.2) is 0 Å². The number of hydrogen-bond acceptors (Lipinski definition) is 3. The van der Waals surface area contributed by atoms with Crippen LogP contribution in [0.15, 0.2) is 24.3 Å². The van der Waals surface area contributed by atoms with Gasteiger partial charge in [0.25, 0.3) is 0 Å². The predicted octanol–water partition coefficient (Wildman–Crippen LogP) is 2.85. The molecule has 1 atom stereocenters. The maximum Gasteiger partial charge on any atom is 0.239 e. The molecule has 0 unspecified atom stereocenters. The van der Waals surface area contributed by atoms with Crippen molar-refractivity contribution in [1.29, 1.82) is 0 Å². The van der Waals surface area contributed by atoms with Gasteiger partial charge in [0.1, 0.15) is 11.9 Å². The molecule has 0 saturated carbocycles. The Labute approximate surface area is 139 Å². The Morgan fingerprint density at radius 1 is 1.04 bits per heavy atom. The molecule has 1 amide bonds. The Balaban J connectivity index is 1.49. The molecule has 0 aliphatic carbocycles. The normalized spacial score (nSPS) is 23.7. The first-order chi connectivity index (χ1) is 11.1. The van der Waals surface area contributed by atoms with Crippen LogP contribution >= 0.6 is 0 Å². The second kappa shape index (κ2) is 7.35. The summed E-state index contributed by atoms with van der Waals surface area (Å²) in [5.74, 6) is 1.26. The number of nitrogens with zero attached hydrogens (tertiary/aromatic N) is 2. The highest BCUT2D eigenvalue weighted by atomic mass is 16.5. The first kappa shape index (κ1) is 16.3. The first-order valence-electron chi connectivity index (χ1n) is 8.86. The van der Waals surface area contributed by atoms with E-state index in [1.807, 2.05) is 17.0 Å². The molecule has 126 valence electrons. The van der Waals surface area contributed by atoms with Crippen molar-refractivity contribution in [2.45, 2.75) is 51.2 Å². The Morgan fingerprint density at radius 2 is 1.74 bits per heavy atom. The maximum absolute atomic E-state index is 12.7. The van der Waals surface area contributed by atoms with Crippen molar-refractivity contribution >= 4 is 5.91 Å². The number of carbonyl (C=O) groups excluding carboxylic acids is 1. The van der Waals surface area contributed by atoms with Gasteiger partial charge in [0.15, 0.2) is 0 Å². The molecule has 4 heteroatoms. The van der Waals surface area contributed by atoms with E-state index >= 15 is 0 Å². The molecule has 4 nitrogen and oxygen atoms in total. The first-order valence-corrected chi connectivity index (χ1v) is 8.86. The smallest absolute Gasteiger partial charge is 0.239 e. The fourth-order valence-electron chi connectivity index (χ4n) is 3.60. The van der Waals surface area contributed by atoms with Crippen molar-refractivity contribution in [3.8, 4) is 5.75 Å². The molecule has 0 radical (unpaired) electrons. The molecule has 1 aromatic rings. The fraction of sp³-hybridized carbons (Fsp3) is 0.632. The number of carbonyl (C=O) groups is 1. The minimum atomic E-state index is 0.0957. The molecule has 2 aliphatic heterocycles. The lowest BCUT2D eigenvalue weighted by atomic mass is 10.00. The summed E-state index contributed by atoms with van der Waals surface area (Å²) in [4.78, 5) is 17.0. The van der Waals surface area contributed by atoms with Gasteiger partial charge in [-0.05, 0) is 45.5 Å². The van der Waals surface area contributed by atoms with Gasteiger partial charge < -0.3 is 9.64 Å². The molecule has 2 saturated heterocycles. The van der Waals surface area contributed by atoms with Crippen molar-refractivity contribution in [3.63, 3.8) is 0 Å². The van der Waals surface area contributed by atoms with E-state index in [9.17, 15) is 4.79 Å². The lowest BCUT2D eigenvalue weighted by molar-refractivity contribution is -0.139. The summed E-state index contributed by atoms with van der Waals surface area (Å²) in [6.45, 7) is 4.76. The molecule has 2 fully saturated rings. The van der Waals surface area contributed by atoms with Gasteiger partial charge in [0.05, 0.1) is 6.04 Å². The largest absolute Gasteiger partial charge is 0.490 e. The Morgan fingerprint density at radius 3 is 2.39 bits per heavy atom. The zero-order valence-electron chi connectivity index (χ0n) is 14.3. The second-order valence-corrected chi connectivity index (χ2v) is 6.95. The van der Waals surface area contributed by atoms with Gasteiger partial charge in [-0.2, -0.15) is 0 Å². The van der Waals surface area contributed by atoms with E-state index in [0.717, 1.165) is 44.6 Å². The van der Waals surface area contributed by atoms with Crippen LogP contribution in [0.1, 0.15) is 37.7 Å². The summed E-state index contributed by atoms with van der Waals surface area (Å²) in [6, 6.07) is 8.31. The highest BCUT2D eigenvalue weighted by Gasteiger charge is 2.32. The van der Waals surface area contributed by atoms with Crippen molar-refractivity contribution in [1.82, 2.24) is 9.80 Å². The Kier molecular flexibility index (Phi) is 5.21. The van der Waals surface area contributed by atoms with Crippen LogP contribution in [0.3, 0.4) is 0 Å². The van der Waals surface area contributed by atoms with Crippen LogP contribution < -0.4 is 4.74 Å². The van der Waals surface area contributed by atoms with E-state index in [2.05, 4.69) is 31.0 Å². The van der Waals surface area contributed by atoms with Crippen LogP contribution in [0.5, 0.6) is 5.75 Å². The second-order valence-electron chi connectivity index (χ2n) is 6.95. The average Bonchev–Trinajstić information content (AvgIpc) is 2.57. The van der Waals surface area contributed by atoms with Gasteiger partial charge in [0, 0.05) is 25.9 Å². The van der Waals surface area contributed by atoms with Crippen LogP contribution in [-0.4, -0.2) is 54.5 Å². The Hall–Kier alpha value is -1.55. The summed E-state index contributed by atoms with van der Waals surface area (Å²) in [5.41, 5.74) is 1.24. The number of amides is 1. The average molecular weight is 316 g/mol. The van der Waals surface area contributed by atoms with Crippen molar-refractivity contribution < 1.29 is 9.53 Å². The van der Waals surface area contributed by atoms with E-state index in [-0.39, 0.29) is 12.1 Å². The molecule has 23 heavy (non-hydrogen) atoms. The van der Waals surface area contributed by atoms with Crippen LogP contribution in [0.25, 0.3) is 0 Å². The van der Waals surface area contributed by atoms with Crippen LogP contribution in [0, 0.1) is 6.92 Å². The highest BCUT2D eigenvalue weighted by Crippen LogP contribution is 2.22. The number of likely N-dealkylation sites (tertiary alicyclic amines) is 2. The van der Waals surface area contributed by atoms with E-state index in [4.69, 9.17) is 4.74 Å². The van der Waals surface area contributed by atoms with E-state index < -0.39 is 0 Å². The third-order valence-corrected chi connectivity index (χ3v) is 5.13. The number of ether oxygens (including phenoxy) is 1. The van der Waals surface area contributed by atoms with Crippen LogP contribution in [0.2, 0.25) is 0 Å². The zero-order valence-corrected chi connectivity index (χ0v) is 14.3. The number of aryl methyl sites for hydroxylation is 1. The minimum Gasteiger partial charge on any atom is -0.490 e. The quantitative estimate of drug-likeness (QED) is 0.859. The van der Waals surface area contributed by atoms with Crippen molar-refractivity contribution in [2.75, 3.05) is 26.7 Å². The zero-order chi connectivity index (χ0) is 16.2. The lowest BCUT2D eigenvalue weighted by Gasteiger charge is -2.38. The SMILES string of the molecule is Cc1ccc(OC2CCN(C(=O)[C@@H]3CCCCN3C)CC2)cc1. The number of piperidine rings is 2. The highest BCUT2D eigenvalue weighted by molar-refractivity contribution is 5.82. The van der Waals surface area contributed by atoms with Crippen molar-refractivity contribution in [3.05, 3.63) is 29.8 Å². The molecule has 0 N–H and O–H groups in total. The summed E-state index contributed by atoms with van der Waals surface area (Å²) < 4.78 is 6.06. The molecular weight excluding hydrogens is 288 g/mol. The number of likely N-dealkylation sites (N-methyl/N-ethyl adjacent to an activating group) is 1. The van der Waals surface area contributed by atoms with E-state index in [1.165, 1.54) is 18.4 Å². The monoisotopic (exact) mass is 316 g/mol. The van der Waals surface area contributed by atoms with Crippen LogP contribution in [0.4, 0.5) is 0 Å². The molecule has 2 aliphatic rings. The lowest BCUT2D eigenvalue weighted by Crippen LogP contribution is -2.52. The molecule has 0 spiro atoms. The summed E-state index contributed by atoms with van der Waals surface area (Å²) in [5, 5.41) is 0. The van der Waals surface area contributed by atoms with Gasteiger partial charge in [-0.1, -0.05) is 24.1 Å². The molecular formula is C19H28N2O2. The molecule has 3 rings (SSSR count). The number of benzene rings is 1. The van der Waals surface area contributed by atoms with E-state index in [1.54, 1.807) is 0 Å². The molecule has 1 aromatic carbocycles. The standard InChI is InChI=1S/C19H28N2O2/c1-15-6-8-16(9-7-15)23-17-10-13-21(14-11-17)19(22)18-5-3-4-12-20(18)2/h6-9,17-18H,3-5,10-14H2,1-2H3/t18-/m0/s1. The van der Waals surface area contributed by atoms with Gasteiger partial charge >= 0.3 is 0 Å². The summed E-state index contributed by atoms with van der Waals surface area (Å²) in [6.07, 6.45) is 5.48. The summed E-state index contributed by atoms with van der Waals surface area (Å²) >= 11 is 0. The topological polar surface area (TPSA) is 32.8 Å². The molecule has 0 bridgehead atoms. The molecule has 2 heterocycles. The molecule has 0 aromatic heterocycles. The third kappa shape index (κ3) is 4.05. The third-order valence-electron chi connectivity index (χ3n) is 5.13. The van der Waals surface area contributed by atoms with Gasteiger partial charge in [0.2, 0.25) is 5.91 Å². The van der Waals surface area contributed by atoms with Crippen molar-refractivity contribution in [2.24, 2.45) is 0 Å². The van der Waals surface area contributed by atoms with Gasteiger partial charge in [-0.3, -0.25) is 9.69 Å². The number of hydrogen-bond donors (Lipinski definition) is 0. The van der Waals surface area contributed by atoms with E-state index in [0.29, 0.717) is 5.91 Å². The predicted molar refractivity (Wildman–Crippen MR) is 91.7 cm³/mol. The fourth-order valence-corrected chi connectivity index (χ4v) is 3.60. The number of rotatable bonds is 3. The summed E-state index contributed by atoms with van der Waals surface area (Å²) in [7, 11) is 2.08. The Bertz CT molecular complexity index is 521.